The van der Waals surface area contributed by atoms with Gasteiger partial charge in [0.05, 0.1) is 0 Å². The summed E-state index contributed by atoms with van der Waals surface area (Å²) in [6.07, 6.45) is 3.64. The summed E-state index contributed by atoms with van der Waals surface area (Å²) >= 11 is 0. The lowest BCUT2D eigenvalue weighted by Gasteiger charge is -2.08. The van der Waals surface area contributed by atoms with E-state index in [4.69, 9.17) is 5.73 Å². The van der Waals surface area contributed by atoms with Crippen LogP contribution in [0.5, 0.6) is 0 Å². The molecular weight excluding hydrogens is 262 g/mol. The van der Waals surface area contributed by atoms with E-state index < -0.39 is 5.91 Å². The van der Waals surface area contributed by atoms with Crippen LogP contribution in [0.4, 0.5) is 5.69 Å². The van der Waals surface area contributed by atoms with Crippen LogP contribution in [0.3, 0.4) is 0 Å². The number of carbonyl (C=O) groups is 1. The smallest absolute Gasteiger partial charge is 0.248 e. The van der Waals surface area contributed by atoms with E-state index in [1.54, 1.807) is 18.3 Å². The molecule has 3 rings (SSSR count). The first-order valence-electron chi connectivity index (χ1n) is 6.69. The normalized spacial score (nSPS) is 10.5. The predicted molar refractivity (Wildman–Crippen MR) is 84.0 cm³/mol. The number of benzene rings is 2. The van der Waals surface area contributed by atoms with Crippen molar-refractivity contribution in [3.05, 3.63) is 72.1 Å². The maximum Gasteiger partial charge on any atom is 0.248 e. The molecule has 0 saturated carbocycles. The highest BCUT2D eigenvalue weighted by molar-refractivity contribution is 5.93. The lowest BCUT2D eigenvalue weighted by atomic mass is 10.1. The highest BCUT2D eigenvalue weighted by Gasteiger charge is 2.01. The average Bonchev–Trinajstić information content (AvgIpc) is 2.53. The van der Waals surface area contributed by atoms with E-state index in [-0.39, 0.29) is 0 Å². The highest BCUT2D eigenvalue weighted by atomic mass is 16.1. The van der Waals surface area contributed by atoms with Crippen LogP contribution in [0, 0.1) is 0 Å². The van der Waals surface area contributed by atoms with E-state index in [1.165, 1.54) is 0 Å². The molecule has 0 bridgehead atoms. The molecule has 104 valence electrons. The Morgan fingerprint density at radius 3 is 2.86 bits per heavy atom. The van der Waals surface area contributed by atoms with Crippen molar-refractivity contribution >= 4 is 22.4 Å². The van der Waals surface area contributed by atoms with Gasteiger partial charge in [0.25, 0.3) is 0 Å². The molecule has 21 heavy (non-hydrogen) atoms. The molecule has 0 spiro atoms. The Kier molecular flexibility index (Phi) is 3.51. The van der Waals surface area contributed by atoms with E-state index in [1.807, 2.05) is 24.4 Å². The lowest BCUT2D eigenvalue weighted by Crippen LogP contribution is -2.11. The van der Waals surface area contributed by atoms with Crippen molar-refractivity contribution in [1.82, 2.24) is 4.98 Å². The van der Waals surface area contributed by atoms with Crippen LogP contribution < -0.4 is 11.1 Å². The summed E-state index contributed by atoms with van der Waals surface area (Å²) in [6.45, 7) is 0.681. The van der Waals surface area contributed by atoms with Gasteiger partial charge in [0.2, 0.25) is 5.91 Å². The Hall–Kier alpha value is -2.88. The van der Waals surface area contributed by atoms with Gasteiger partial charge in [-0.05, 0) is 41.3 Å². The molecule has 4 heteroatoms. The fraction of sp³-hybridized carbons (Fsp3) is 0.0588. The van der Waals surface area contributed by atoms with Crippen molar-refractivity contribution in [2.24, 2.45) is 5.73 Å². The standard InChI is InChI=1S/C17H15N3O/c18-17(21)14-2-1-3-16(9-14)20-10-12-4-5-15-11-19-7-6-13(15)8-12/h1-9,11,20H,10H2,(H2,18,21). The first kappa shape index (κ1) is 13.1. The van der Waals surface area contributed by atoms with Crippen LogP contribution in [0.25, 0.3) is 10.8 Å². The molecule has 4 nitrogen and oxygen atoms in total. The molecule has 0 saturated heterocycles. The molecule has 0 aliphatic heterocycles. The molecule has 1 heterocycles. The number of primary amides is 1. The van der Waals surface area contributed by atoms with Gasteiger partial charge in [-0.1, -0.05) is 18.2 Å². The molecule has 0 radical (unpaired) electrons. The van der Waals surface area contributed by atoms with Crippen molar-refractivity contribution in [2.45, 2.75) is 6.54 Å². The Balaban J connectivity index is 1.77. The first-order chi connectivity index (χ1) is 10.2. The summed E-state index contributed by atoms with van der Waals surface area (Å²) in [5.41, 5.74) is 7.82. The van der Waals surface area contributed by atoms with E-state index in [9.17, 15) is 4.79 Å². The predicted octanol–water partition coefficient (Wildman–Crippen LogP) is 2.95. The van der Waals surface area contributed by atoms with Gasteiger partial charge < -0.3 is 11.1 Å². The van der Waals surface area contributed by atoms with Gasteiger partial charge in [0.15, 0.2) is 0 Å². The van der Waals surface area contributed by atoms with Gasteiger partial charge in [-0.2, -0.15) is 0 Å². The molecule has 3 N–H and O–H groups in total. The Morgan fingerprint density at radius 2 is 2.00 bits per heavy atom. The summed E-state index contributed by atoms with van der Waals surface area (Å²) in [5, 5.41) is 5.58. The summed E-state index contributed by atoms with van der Waals surface area (Å²) in [7, 11) is 0. The van der Waals surface area contributed by atoms with Gasteiger partial charge in [-0.3, -0.25) is 9.78 Å². The number of aromatic nitrogens is 1. The first-order valence-corrected chi connectivity index (χ1v) is 6.69. The number of nitrogens with two attached hydrogens (primary N) is 1. The number of anilines is 1. The lowest BCUT2D eigenvalue weighted by molar-refractivity contribution is 0.100. The minimum atomic E-state index is -0.420. The van der Waals surface area contributed by atoms with Crippen LogP contribution in [-0.2, 0) is 6.54 Å². The van der Waals surface area contributed by atoms with Gasteiger partial charge in [0, 0.05) is 35.6 Å². The highest BCUT2D eigenvalue weighted by Crippen LogP contribution is 2.16. The Labute approximate surface area is 122 Å². The topological polar surface area (TPSA) is 68.0 Å². The Morgan fingerprint density at radius 1 is 1.10 bits per heavy atom. The number of carbonyl (C=O) groups excluding carboxylic acids is 1. The molecule has 0 aliphatic rings. The van der Waals surface area contributed by atoms with E-state index >= 15 is 0 Å². The zero-order valence-corrected chi connectivity index (χ0v) is 11.4. The van der Waals surface area contributed by atoms with Crippen molar-refractivity contribution in [1.29, 1.82) is 0 Å². The van der Waals surface area contributed by atoms with Crippen molar-refractivity contribution in [2.75, 3.05) is 5.32 Å². The summed E-state index contributed by atoms with van der Waals surface area (Å²) in [6, 6.07) is 15.4. The monoisotopic (exact) mass is 277 g/mol. The molecule has 3 aromatic rings. The minimum absolute atomic E-state index is 0.420. The number of hydrogen-bond donors (Lipinski definition) is 2. The van der Waals surface area contributed by atoms with Crippen molar-refractivity contribution in [3.8, 4) is 0 Å². The van der Waals surface area contributed by atoms with Gasteiger partial charge >= 0.3 is 0 Å². The number of rotatable bonds is 4. The van der Waals surface area contributed by atoms with Crippen LogP contribution in [0.2, 0.25) is 0 Å². The van der Waals surface area contributed by atoms with E-state index in [2.05, 4.69) is 28.5 Å². The second-order valence-corrected chi connectivity index (χ2v) is 4.86. The summed E-state index contributed by atoms with van der Waals surface area (Å²) < 4.78 is 0. The minimum Gasteiger partial charge on any atom is -0.381 e. The molecule has 1 aromatic heterocycles. The second kappa shape index (κ2) is 5.63. The maximum atomic E-state index is 11.2. The molecule has 1 amide bonds. The van der Waals surface area contributed by atoms with Crippen LogP contribution in [0.15, 0.2) is 60.9 Å². The van der Waals surface area contributed by atoms with Gasteiger partial charge in [-0.15, -0.1) is 0 Å². The largest absolute Gasteiger partial charge is 0.381 e. The summed E-state index contributed by atoms with van der Waals surface area (Å²) in [4.78, 5) is 15.3. The molecule has 2 aromatic carbocycles. The SMILES string of the molecule is NC(=O)c1cccc(NCc2ccc3cnccc3c2)c1. The van der Waals surface area contributed by atoms with Crippen LogP contribution in [-0.4, -0.2) is 10.9 Å². The Bertz CT molecular complexity index is 799. The van der Waals surface area contributed by atoms with E-state index in [0.29, 0.717) is 12.1 Å². The number of hydrogen-bond acceptors (Lipinski definition) is 3. The number of fused-ring (bicyclic) bond motifs is 1. The molecular formula is C17H15N3O. The number of nitrogens with one attached hydrogen (secondary N) is 1. The fourth-order valence-corrected chi connectivity index (χ4v) is 2.23. The number of pyridine rings is 1. The third-order valence-corrected chi connectivity index (χ3v) is 3.35. The third-order valence-electron chi connectivity index (χ3n) is 3.35. The quantitative estimate of drug-likeness (QED) is 0.770. The zero-order chi connectivity index (χ0) is 14.7. The molecule has 0 unspecified atom stereocenters. The third kappa shape index (κ3) is 3.00. The zero-order valence-electron chi connectivity index (χ0n) is 11.4. The van der Waals surface area contributed by atoms with Crippen molar-refractivity contribution in [3.63, 3.8) is 0 Å². The van der Waals surface area contributed by atoms with Gasteiger partial charge in [0.1, 0.15) is 0 Å². The van der Waals surface area contributed by atoms with Crippen LogP contribution in [0.1, 0.15) is 15.9 Å². The summed E-state index contributed by atoms with van der Waals surface area (Å²) in [5.74, 6) is -0.420. The molecule has 0 atom stereocenters. The van der Waals surface area contributed by atoms with E-state index in [0.717, 1.165) is 22.0 Å². The fourth-order valence-electron chi connectivity index (χ4n) is 2.23. The van der Waals surface area contributed by atoms with Crippen LogP contribution >= 0.6 is 0 Å². The van der Waals surface area contributed by atoms with Gasteiger partial charge in [-0.25, -0.2) is 0 Å². The molecule has 0 aliphatic carbocycles. The van der Waals surface area contributed by atoms with Crippen molar-refractivity contribution < 1.29 is 4.79 Å². The number of amides is 1. The average molecular weight is 277 g/mol. The second-order valence-electron chi connectivity index (χ2n) is 4.86. The number of nitrogens with zero attached hydrogens (tertiary/aromatic N) is 1. The molecule has 0 fully saturated rings. The maximum absolute atomic E-state index is 11.2.